The van der Waals surface area contributed by atoms with Gasteiger partial charge in [0.15, 0.2) is 11.5 Å². The molecule has 2 aliphatic rings. The third kappa shape index (κ3) is 5.10. The highest BCUT2D eigenvalue weighted by molar-refractivity contribution is 7.89. The molecule has 1 atom stereocenters. The van der Waals surface area contributed by atoms with Gasteiger partial charge in [0.25, 0.3) is 0 Å². The van der Waals surface area contributed by atoms with Crippen LogP contribution in [0.5, 0.6) is 17.2 Å². The molecule has 1 saturated heterocycles. The fourth-order valence-electron chi connectivity index (χ4n) is 5.15. The molecule has 1 N–H and O–H groups in total. The number of nitrogens with zero attached hydrogens (tertiary/aromatic N) is 2. The molecule has 11 heteroatoms. The number of carbonyl (C=O) groups is 2. The van der Waals surface area contributed by atoms with Gasteiger partial charge in [-0.15, -0.1) is 0 Å². The number of methoxy groups -OCH3 is 3. The molecule has 2 amide bonds. The van der Waals surface area contributed by atoms with Crippen LogP contribution in [0.25, 0.3) is 0 Å². The van der Waals surface area contributed by atoms with E-state index in [2.05, 4.69) is 5.32 Å². The van der Waals surface area contributed by atoms with E-state index in [1.807, 2.05) is 6.92 Å². The first-order chi connectivity index (χ1) is 17.6. The SMILES string of the molecule is COc1cc(NC(=O)C2CCN(S(=O)(=O)c3ccc4c(c3)C[C@H](C)N4C(C)=O)CC2)cc(OC)c1OC. The maximum atomic E-state index is 13.4. The van der Waals surface area contributed by atoms with Gasteiger partial charge in [0.1, 0.15) is 0 Å². The van der Waals surface area contributed by atoms with E-state index in [0.29, 0.717) is 42.2 Å². The second-order valence-electron chi connectivity index (χ2n) is 9.31. The third-order valence-electron chi connectivity index (χ3n) is 7.00. The minimum atomic E-state index is -3.72. The van der Waals surface area contributed by atoms with Crippen LogP contribution in [0.3, 0.4) is 0 Å². The van der Waals surface area contributed by atoms with E-state index < -0.39 is 10.0 Å². The largest absolute Gasteiger partial charge is 0.493 e. The average Bonchev–Trinajstić information content (AvgIpc) is 3.23. The first kappa shape index (κ1) is 26.7. The molecule has 1 fully saturated rings. The number of piperidine rings is 1. The van der Waals surface area contributed by atoms with Crippen LogP contribution >= 0.6 is 0 Å². The second-order valence-corrected chi connectivity index (χ2v) is 11.3. The van der Waals surface area contributed by atoms with Crippen LogP contribution in [0.4, 0.5) is 11.4 Å². The summed E-state index contributed by atoms with van der Waals surface area (Å²) in [5.41, 5.74) is 2.12. The molecule has 0 radical (unpaired) electrons. The van der Waals surface area contributed by atoms with Crippen LogP contribution in [0.1, 0.15) is 32.3 Å². The summed E-state index contributed by atoms with van der Waals surface area (Å²) < 4.78 is 44.1. The zero-order valence-corrected chi connectivity index (χ0v) is 22.6. The molecular weight excluding hydrogens is 498 g/mol. The summed E-state index contributed by atoms with van der Waals surface area (Å²) in [7, 11) is 0.783. The summed E-state index contributed by atoms with van der Waals surface area (Å²) in [4.78, 5) is 26.9. The number of carbonyl (C=O) groups excluding carboxylic acids is 2. The number of fused-ring (bicyclic) bond motifs is 1. The monoisotopic (exact) mass is 531 g/mol. The Labute approximate surface area is 217 Å². The van der Waals surface area contributed by atoms with Crippen molar-refractivity contribution >= 4 is 33.2 Å². The number of sulfonamides is 1. The Hall–Kier alpha value is -3.31. The van der Waals surface area contributed by atoms with E-state index in [1.165, 1.54) is 32.6 Å². The lowest BCUT2D eigenvalue weighted by molar-refractivity contribution is -0.121. The lowest BCUT2D eigenvalue weighted by atomic mass is 9.97. The molecule has 0 bridgehead atoms. The lowest BCUT2D eigenvalue weighted by Crippen LogP contribution is -2.41. The first-order valence-electron chi connectivity index (χ1n) is 12.1. The van der Waals surface area contributed by atoms with E-state index in [9.17, 15) is 18.0 Å². The van der Waals surface area contributed by atoms with Crippen molar-refractivity contribution in [3.8, 4) is 17.2 Å². The number of rotatable bonds is 7. The maximum Gasteiger partial charge on any atom is 0.243 e. The van der Waals surface area contributed by atoms with Crippen LogP contribution in [0.15, 0.2) is 35.2 Å². The molecule has 2 aromatic carbocycles. The highest BCUT2D eigenvalue weighted by Crippen LogP contribution is 2.40. The predicted molar refractivity (Wildman–Crippen MR) is 139 cm³/mol. The number of anilines is 2. The van der Waals surface area contributed by atoms with Crippen molar-refractivity contribution in [2.45, 2.75) is 44.0 Å². The zero-order chi connectivity index (χ0) is 26.9. The molecule has 2 aliphatic heterocycles. The molecule has 0 saturated carbocycles. The van der Waals surface area contributed by atoms with Gasteiger partial charge in [0.2, 0.25) is 27.6 Å². The molecule has 0 unspecified atom stereocenters. The molecule has 200 valence electrons. The summed E-state index contributed by atoms with van der Waals surface area (Å²) in [5.74, 6) is 0.685. The van der Waals surface area contributed by atoms with E-state index in [1.54, 1.807) is 35.2 Å². The van der Waals surface area contributed by atoms with Crippen LogP contribution in [-0.4, -0.2) is 65.0 Å². The molecule has 4 rings (SSSR count). The molecule has 10 nitrogen and oxygen atoms in total. The first-order valence-corrected chi connectivity index (χ1v) is 13.6. The topological polar surface area (TPSA) is 114 Å². The van der Waals surface area contributed by atoms with Gasteiger partial charge in [0.05, 0.1) is 26.2 Å². The van der Waals surface area contributed by atoms with Crippen LogP contribution in [0.2, 0.25) is 0 Å². The van der Waals surface area contributed by atoms with Crippen LogP contribution in [0, 0.1) is 5.92 Å². The summed E-state index contributed by atoms with van der Waals surface area (Å²) in [6, 6.07) is 8.25. The Morgan fingerprint density at radius 3 is 2.14 bits per heavy atom. The van der Waals surface area contributed by atoms with Gasteiger partial charge in [-0.3, -0.25) is 9.59 Å². The fraction of sp³-hybridized carbons (Fsp3) is 0.462. The maximum absolute atomic E-state index is 13.4. The molecule has 0 aliphatic carbocycles. The Bertz CT molecular complexity index is 1280. The van der Waals surface area contributed by atoms with E-state index in [-0.39, 0.29) is 41.8 Å². The smallest absolute Gasteiger partial charge is 0.243 e. The summed E-state index contributed by atoms with van der Waals surface area (Å²) in [6.07, 6.45) is 1.41. The third-order valence-corrected chi connectivity index (χ3v) is 8.90. The molecule has 0 spiro atoms. The molecular formula is C26H33N3O7S. The number of hydrogen-bond donors (Lipinski definition) is 1. The Morgan fingerprint density at radius 2 is 1.59 bits per heavy atom. The highest BCUT2D eigenvalue weighted by atomic mass is 32.2. The summed E-state index contributed by atoms with van der Waals surface area (Å²) >= 11 is 0. The van der Waals surface area contributed by atoms with Crippen molar-refractivity contribution in [3.05, 3.63) is 35.9 Å². The number of nitrogens with one attached hydrogen (secondary N) is 1. The van der Waals surface area contributed by atoms with E-state index in [4.69, 9.17) is 14.2 Å². The Morgan fingerprint density at radius 1 is 0.973 bits per heavy atom. The number of hydrogen-bond acceptors (Lipinski definition) is 7. The van der Waals surface area contributed by atoms with Gasteiger partial charge in [-0.2, -0.15) is 4.31 Å². The standard InChI is InChI=1S/C26H33N3O7S/c1-16-12-19-13-21(6-7-22(19)29(16)17(2)30)37(32,33)28-10-8-18(9-11-28)26(31)27-20-14-23(34-3)25(36-5)24(15-20)35-4/h6-7,13-16,18H,8-12H2,1-5H3,(H,27,31)/t16-/m0/s1. The minimum Gasteiger partial charge on any atom is -0.493 e. The van der Waals surface area contributed by atoms with Gasteiger partial charge in [-0.25, -0.2) is 8.42 Å². The van der Waals surface area contributed by atoms with E-state index >= 15 is 0 Å². The normalized spacial score (nSPS) is 18.3. The van der Waals surface area contributed by atoms with Gasteiger partial charge in [-0.05, 0) is 49.9 Å². The Kier molecular flexibility index (Phi) is 7.65. The van der Waals surface area contributed by atoms with Crippen molar-refractivity contribution in [3.63, 3.8) is 0 Å². The molecule has 2 aromatic rings. The van der Waals surface area contributed by atoms with Gasteiger partial charge in [-0.1, -0.05) is 0 Å². The fourth-order valence-corrected chi connectivity index (χ4v) is 6.67. The lowest BCUT2D eigenvalue weighted by Gasteiger charge is -2.30. The molecule has 2 heterocycles. The van der Waals surface area contributed by atoms with Gasteiger partial charge < -0.3 is 24.4 Å². The van der Waals surface area contributed by atoms with Crippen molar-refractivity contribution in [1.29, 1.82) is 0 Å². The van der Waals surface area contributed by atoms with Gasteiger partial charge >= 0.3 is 0 Å². The highest BCUT2D eigenvalue weighted by Gasteiger charge is 2.35. The van der Waals surface area contributed by atoms with Crippen molar-refractivity contribution < 1.29 is 32.2 Å². The Balaban J connectivity index is 1.43. The number of benzene rings is 2. The quantitative estimate of drug-likeness (QED) is 0.584. The number of amides is 2. The van der Waals surface area contributed by atoms with Crippen LogP contribution < -0.4 is 24.4 Å². The second kappa shape index (κ2) is 10.6. The van der Waals surface area contributed by atoms with Crippen LogP contribution in [-0.2, 0) is 26.0 Å². The molecule has 0 aromatic heterocycles. The van der Waals surface area contributed by atoms with Crippen molar-refractivity contribution in [1.82, 2.24) is 4.31 Å². The minimum absolute atomic E-state index is 0.00894. The number of ether oxygens (including phenoxy) is 3. The van der Waals surface area contributed by atoms with Crippen molar-refractivity contribution in [2.75, 3.05) is 44.6 Å². The van der Waals surface area contributed by atoms with Crippen molar-refractivity contribution in [2.24, 2.45) is 5.92 Å². The zero-order valence-electron chi connectivity index (χ0n) is 21.7. The molecule has 37 heavy (non-hydrogen) atoms. The predicted octanol–water partition coefficient (Wildman–Crippen LogP) is 3.05. The summed E-state index contributed by atoms with van der Waals surface area (Å²) in [6.45, 7) is 3.94. The summed E-state index contributed by atoms with van der Waals surface area (Å²) in [5, 5.41) is 2.89. The average molecular weight is 532 g/mol. The van der Waals surface area contributed by atoms with E-state index in [0.717, 1.165) is 11.3 Å². The van der Waals surface area contributed by atoms with Gasteiger partial charge in [0, 0.05) is 55.5 Å².